The van der Waals surface area contributed by atoms with Gasteiger partial charge in [0.25, 0.3) is 0 Å². The van der Waals surface area contributed by atoms with E-state index in [4.69, 9.17) is 16.8 Å². The van der Waals surface area contributed by atoms with E-state index in [1.165, 1.54) is 44.7 Å². The summed E-state index contributed by atoms with van der Waals surface area (Å²) < 4.78 is 0. The van der Waals surface area contributed by atoms with Crippen LogP contribution in [-0.2, 0) is 0 Å². The van der Waals surface area contributed by atoms with Gasteiger partial charge in [-0.1, -0.05) is 23.2 Å². The lowest BCUT2D eigenvalue weighted by molar-refractivity contribution is 0.104. The van der Waals surface area contributed by atoms with Crippen LogP contribution in [0.1, 0.15) is 38.5 Å². The second kappa shape index (κ2) is 3.76. The summed E-state index contributed by atoms with van der Waals surface area (Å²) in [5, 5.41) is 12.4. The van der Waals surface area contributed by atoms with Gasteiger partial charge in [0.1, 0.15) is 0 Å². The molecule has 3 saturated carbocycles. The smallest absolute Gasteiger partial charge is 0.0673 e. The summed E-state index contributed by atoms with van der Waals surface area (Å²) in [5.41, 5.74) is 0.245. The first-order valence-corrected chi connectivity index (χ1v) is 6.66. The van der Waals surface area contributed by atoms with Gasteiger partial charge in [0.2, 0.25) is 0 Å². The summed E-state index contributed by atoms with van der Waals surface area (Å²) in [6.07, 6.45) is 11.3. The quantitative estimate of drug-likeness (QED) is 0.444. The van der Waals surface area contributed by atoms with Crippen LogP contribution in [0.3, 0.4) is 0 Å². The SMILES string of the molecule is O/N=C\C=C(/Cl)[C@]12C[C@@H]3CC[C@H]1C[C@@H](C3)C2. The van der Waals surface area contributed by atoms with Crippen molar-refractivity contribution in [2.75, 3.05) is 0 Å². The molecule has 3 heteroatoms. The fourth-order valence-electron chi connectivity index (χ4n) is 4.60. The molecule has 3 bridgehead atoms. The molecule has 0 aliphatic heterocycles. The van der Waals surface area contributed by atoms with E-state index < -0.39 is 0 Å². The number of nitrogens with zero attached hydrogens (tertiary/aromatic N) is 1. The standard InChI is InChI=1S/C13H18ClNO/c14-12(3-4-15-16)13-7-9-1-2-11(13)6-10(5-9)8-13/h3-4,9-11,16H,1-2,5-8H2/b12-3-,15-4-/t9-,10-,11+,13+/m1/s1. The molecule has 0 unspecified atom stereocenters. The Morgan fingerprint density at radius 2 is 2.06 bits per heavy atom. The van der Waals surface area contributed by atoms with Gasteiger partial charge in [0.05, 0.1) is 6.21 Å². The third-order valence-electron chi connectivity index (χ3n) is 5.06. The maximum atomic E-state index is 8.48. The monoisotopic (exact) mass is 239 g/mol. The van der Waals surface area contributed by atoms with Crippen LogP contribution in [0.2, 0.25) is 0 Å². The Morgan fingerprint density at radius 3 is 2.88 bits per heavy atom. The topological polar surface area (TPSA) is 32.6 Å². The Bertz CT molecular complexity index is 352. The maximum Gasteiger partial charge on any atom is 0.0673 e. The molecule has 88 valence electrons. The lowest BCUT2D eigenvalue weighted by atomic mass is 9.61. The van der Waals surface area contributed by atoms with Crippen LogP contribution in [-0.4, -0.2) is 11.4 Å². The molecule has 0 aromatic rings. The van der Waals surface area contributed by atoms with Gasteiger partial charge in [0.15, 0.2) is 0 Å². The number of halogens is 1. The van der Waals surface area contributed by atoms with Crippen LogP contribution < -0.4 is 0 Å². The van der Waals surface area contributed by atoms with E-state index in [1.54, 1.807) is 6.08 Å². The third kappa shape index (κ3) is 1.42. The highest BCUT2D eigenvalue weighted by Crippen LogP contribution is 2.65. The molecule has 0 aromatic carbocycles. The van der Waals surface area contributed by atoms with Crippen LogP contribution >= 0.6 is 11.6 Å². The van der Waals surface area contributed by atoms with Crippen LogP contribution in [0, 0.1) is 23.2 Å². The Morgan fingerprint density at radius 1 is 1.25 bits per heavy atom. The van der Waals surface area contributed by atoms with Gasteiger partial charge >= 0.3 is 0 Å². The van der Waals surface area contributed by atoms with E-state index in [0.29, 0.717) is 0 Å². The molecular formula is C13H18ClNO. The third-order valence-corrected chi connectivity index (χ3v) is 5.56. The highest BCUT2D eigenvalue weighted by molar-refractivity contribution is 6.31. The minimum absolute atomic E-state index is 0.245. The molecule has 3 aliphatic carbocycles. The molecule has 16 heavy (non-hydrogen) atoms. The summed E-state index contributed by atoms with van der Waals surface area (Å²) in [6, 6.07) is 0. The van der Waals surface area contributed by atoms with E-state index in [-0.39, 0.29) is 5.41 Å². The number of fused-ring (bicyclic) bond motifs is 2. The largest absolute Gasteiger partial charge is 0.411 e. The van der Waals surface area contributed by atoms with Gasteiger partial charge in [-0.3, -0.25) is 0 Å². The number of hydrogen-bond acceptors (Lipinski definition) is 2. The molecule has 0 spiro atoms. The highest BCUT2D eigenvalue weighted by Gasteiger charge is 2.55. The predicted molar refractivity (Wildman–Crippen MR) is 64.8 cm³/mol. The van der Waals surface area contributed by atoms with E-state index >= 15 is 0 Å². The molecule has 0 radical (unpaired) electrons. The number of oxime groups is 1. The van der Waals surface area contributed by atoms with E-state index in [0.717, 1.165) is 22.8 Å². The molecular weight excluding hydrogens is 222 g/mol. The second-order valence-electron chi connectivity index (χ2n) is 5.82. The Balaban J connectivity index is 1.93. The number of allylic oxidation sites excluding steroid dienone is 2. The second-order valence-corrected chi connectivity index (χ2v) is 6.23. The van der Waals surface area contributed by atoms with Gasteiger partial charge in [-0.2, -0.15) is 0 Å². The molecule has 4 atom stereocenters. The fraction of sp³-hybridized carbons (Fsp3) is 0.769. The van der Waals surface area contributed by atoms with Crippen molar-refractivity contribution in [1.82, 2.24) is 0 Å². The van der Waals surface area contributed by atoms with Crippen molar-refractivity contribution < 1.29 is 5.21 Å². The fourth-order valence-corrected chi connectivity index (χ4v) is 4.96. The number of hydrogen-bond donors (Lipinski definition) is 1. The summed E-state index contributed by atoms with van der Waals surface area (Å²) >= 11 is 6.47. The van der Waals surface area contributed by atoms with Gasteiger partial charge in [-0.05, 0) is 55.9 Å². The molecule has 0 amide bonds. The van der Waals surface area contributed by atoms with E-state index in [1.807, 2.05) is 0 Å². The van der Waals surface area contributed by atoms with Gasteiger partial charge in [-0.15, -0.1) is 0 Å². The van der Waals surface area contributed by atoms with Gasteiger partial charge in [0, 0.05) is 10.4 Å². The van der Waals surface area contributed by atoms with Crippen LogP contribution in [0.5, 0.6) is 0 Å². The molecule has 3 rings (SSSR count). The average Bonchev–Trinajstić information content (AvgIpc) is 2.44. The van der Waals surface area contributed by atoms with E-state index in [9.17, 15) is 0 Å². The lowest BCUT2D eigenvalue weighted by Crippen LogP contribution is -2.36. The summed E-state index contributed by atoms with van der Waals surface area (Å²) in [6.45, 7) is 0. The summed E-state index contributed by atoms with van der Waals surface area (Å²) in [7, 11) is 0. The minimum Gasteiger partial charge on any atom is -0.411 e. The first-order chi connectivity index (χ1) is 7.74. The Kier molecular flexibility index (Phi) is 2.50. The molecule has 1 N–H and O–H groups in total. The summed E-state index contributed by atoms with van der Waals surface area (Å²) in [4.78, 5) is 0. The van der Waals surface area contributed by atoms with Crippen molar-refractivity contribution in [2.24, 2.45) is 28.3 Å². The molecule has 3 fully saturated rings. The van der Waals surface area contributed by atoms with Gasteiger partial charge in [-0.25, -0.2) is 0 Å². The van der Waals surface area contributed by atoms with Crippen molar-refractivity contribution in [3.63, 3.8) is 0 Å². The van der Waals surface area contributed by atoms with Crippen LogP contribution in [0.25, 0.3) is 0 Å². The van der Waals surface area contributed by atoms with Crippen LogP contribution in [0.15, 0.2) is 16.3 Å². The Labute approximate surface area is 101 Å². The van der Waals surface area contributed by atoms with Crippen molar-refractivity contribution >= 4 is 17.8 Å². The van der Waals surface area contributed by atoms with Crippen molar-refractivity contribution in [1.29, 1.82) is 0 Å². The lowest BCUT2D eigenvalue weighted by Gasteiger charge is -2.45. The van der Waals surface area contributed by atoms with E-state index in [2.05, 4.69) is 5.16 Å². The predicted octanol–water partition coefficient (Wildman–Crippen LogP) is 3.79. The Hall–Kier alpha value is -0.500. The normalized spacial score (nSPS) is 46.8. The summed E-state index contributed by atoms with van der Waals surface area (Å²) in [5.74, 6) is 2.58. The van der Waals surface area contributed by atoms with Crippen molar-refractivity contribution in [3.8, 4) is 0 Å². The first kappa shape index (κ1) is 10.6. The molecule has 3 aliphatic rings. The molecule has 0 heterocycles. The molecule has 2 nitrogen and oxygen atoms in total. The van der Waals surface area contributed by atoms with Gasteiger partial charge < -0.3 is 5.21 Å². The molecule has 0 saturated heterocycles. The highest BCUT2D eigenvalue weighted by atomic mass is 35.5. The zero-order valence-corrected chi connectivity index (χ0v) is 10.2. The minimum atomic E-state index is 0.245. The van der Waals surface area contributed by atoms with Crippen molar-refractivity contribution in [3.05, 3.63) is 11.1 Å². The van der Waals surface area contributed by atoms with Crippen molar-refractivity contribution in [2.45, 2.75) is 38.5 Å². The number of rotatable bonds is 2. The zero-order chi connectivity index (χ0) is 11.2. The average molecular weight is 240 g/mol. The first-order valence-electron chi connectivity index (χ1n) is 6.28. The van der Waals surface area contributed by atoms with Crippen LogP contribution in [0.4, 0.5) is 0 Å². The zero-order valence-electron chi connectivity index (χ0n) is 9.40. The molecule has 0 aromatic heterocycles. The maximum absolute atomic E-state index is 8.48.